The van der Waals surface area contributed by atoms with E-state index in [0.717, 1.165) is 5.56 Å². The summed E-state index contributed by atoms with van der Waals surface area (Å²) in [6.07, 6.45) is 4.43. The fraction of sp³-hybridized carbons (Fsp3) is 0.0833. The van der Waals surface area contributed by atoms with Crippen molar-refractivity contribution in [1.29, 1.82) is 0 Å². The van der Waals surface area contributed by atoms with Crippen LogP contribution in [0.3, 0.4) is 0 Å². The molecule has 0 bridgehead atoms. The zero-order chi connectivity index (χ0) is 11.5. The highest BCUT2D eigenvalue weighted by molar-refractivity contribution is 6.07. The predicted molar refractivity (Wildman–Crippen MR) is 56.6 cm³/mol. The van der Waals surface area contributed by atoms with Crippen molar-refractivity contribution in [1.82, 2.24) is 9.97 Å². The summed E-state index contributed by atoms with van der Waals surface area (Å²) in [5.41, 5.74) is 1.02. The van der Waals surface area contributed by atoms with E-state index in [9.17, 15) is 9.18 Å². The predicted octanol–water partition coefficient (Wildman–Crippen LogP) is 2.16. The molecule has 0 amide bonds. The number of nitrogens with zero attached hydrogens (tertiary/aromatic N) is 2. The van der Waals surface area contributed by atoms with Crippen LogP contribution in [0, 0.1) is 12.7 Å². The molecule has 80 valence electrons. The molecule has 0 N–H and O–H groups in total. The normalized spacial score (nSPS) is 10.1. The number of rotatable bonds is 2. The summed E-state index contributed by atoms with van der Waals surface area (Å²) in [5.74, 6) is -1.07. The van der Waals surface area contributed by atoms with Crippen molar-refractivity contribution in [3.8, 4) is 0 Å². The molecule has 0 saturated carbocycles. The van der Waals surface area contributed by atoms with Gasteiger partial charge in [0.05, 0.1) is 0 Å². The summed E-state index contributed by atoms with van der Waals surface area (Å²) in [7, 11) is 0. The Labute approximate surface area is 92.0 Å². The summed E-state index contributed by atoms with van der Waals surface area (Å²) < 4.78 is 13.3. The molecule has 2 aromatic heterocycles. The molecule has 0 fully saturated rings. The zero-order valence-electron chi connectivity index (χ0n) is 8.64. The maximum Gasteiger partial charge on any atom is 0.215 e. The maximum absolute atomic E-state index is 13.3. The molecule has 2 rings (SSSR count). The first-order chi connectivity index (χ1) is 7.68. The van der Waals surface area contributed by atoms with E-state index in [1.165, 1.54) is 24.5 Å². The molecule has 0 aromatic carbocycles. The smallest absolute Gasteiger partial charge is 0.215 e. The van der Waals surface area contributed by atoms with Crippen molar-refractivity contribution in [2.75, 3.05) is 0 Å². The number of carbonyl (C=O) groups excluding carboxylic acids is 1. The van der Waals surface area contributed by atoms with Gasteiger partial charge in [0.1, 0.15) is 5.69 Å². The van der Waals surface area contributed by atoms with Gasteiger partial charge in [0.2, 0.25) is 5.78 Å². The van der Waals surface area contributed by atoms with Crippen LogP contribution in [0.25, 0.3) is 0 Å². The maximum atomic E-state index is 13.3. The van der Waals surface area contributed by atoms with Gasteiger partial charge >= 0.3 is 0 Å². The number of pyridine rings is 2. The van der Waals surface area contributed by atoms with Crippen molar-refractivity contribution in [3.63, 3.8) is 0 Å². The molecule has 3 nitrogen and oxygen atoms in total. The van der Waals surface area contributed by atoms with Crippen LogP contribution in [0.4, 0.5) is 4.39 Å². The molecule has 0 radical (unpaired) electrons. The van der Waals surface area contributed by atoms with Gasteiger partial charge in [-0.05, 0) is 30.7 Å². The van der Waals surface area contributed by atoms with E-state index in [4.69, 9.17) is 0 Å². The van der Waals surface area contributed by atoms with E-state index in [0.29, 0.717) is 5.56 Å². The Balaban J connectivity index is 2.44. The van der Waals surface area contributed by atoms with E-state index in [1.54, 1.807) is 12.3 Å². The standard InChI is InChI=1S/C12H9FN2O/c1-8-5-9(7-14-6-8)12(16)11-10(13)3-2-4-15-11/h2-7H,1H3. The average molecular weight is 216 g/mol. The monoisotopic (exact) mass is 216 g/mol. The second-order valence-corrected chi connectivity index (χ2v) is 3.41. The van der Waals surface area contributed by atoms with E-state index >= 15 is 0 Å². The van der Waals surface area contributed by atoms with Gasteiger partial charge in [-0.15, -0.1) is 0 Å². The van der Waals surface area contributed by atoms with E-state index in [1.807, 2.05) is 6.92 Å². The molecule has 0 unspecified atom stereocenters. The van der Waals surface area contributed by atoms with E-state index < -0.39 is 11.6 Å². The lowest BCUT2D eigenvalue weighted by atomic mass is 10.1. The number of ketones is 1. The minimum atomic E-state index is -0.617. The molecule has 0 atom stereocenters. The van der Waals surface area contributed by atoms with Gasteiger partial charge in [0.25, 0.3) is 0 Å². The third-order valence-electron chi connectivity index (χ3n) is 2.11. The van der Waals surface area contributed by atoms with Crippen LogP contribution in [-0.4, -0.2) is 15.8 Å². The van der Waals surface area contributed by atoms with Crippen molar-refractivity contribution in [2.24, 2.45) is 0 Å². The first-order valence-electron chi connectivity index (χ1n) is 4.75. The zero-order valence-corrected chi connectivity index (χ0v) is 8.64. The first kappa shape index (κ1) is 10.4. The van der Waals surface area contributed by atoms with Crippen molar-refractivity contribution >= 4 is 5.78 Å². The minimum absolute atomic E-state index is 0.171. The Kier molecular flexibility index (Phi) is 2.72. The molecular weight excluding hydrogens is 207 g/mol. The van der Waals surface area contributed by atoms with Crippen LogP contribution < -0.4 is 0 Å². The highest BCUT2D eigenvalue weighted by atomic mass is 19.1. The Morgan fingerprint density at radius 3 is 2.88 bits per heavy atom. The summed E-state index contributed by atoms with van der Waals surface area (Å²) >= 11 is 0. The average Bonchev–Trinajstić information content (AvgIpc) is 2.29. The topological polar surface area (TPSA) is 42.9 Å². The largest absolute Gasteiger partial charge is 0.287 e. The Bertz CT molecular complexity index is 540. The van der Waals surface area contributed by atoms with Gasteiger partial charge < -0.3 is 0 Å². The lowest BCUT2D eigenvalue weighted by molar-refractivity contribution is 0.103. The van der Waals surface area contributed by atoms with Crippen molar-refractivity contribution in [3.05, 3.63) is 59.4 Å². The van der Waals surface area contributed by atoms with Crippen LogP contribution in [-0.2, 0) is 0 Å². The summed E-state index contributed by atoms with van der Waals surface area (Å²) in [6.45, 7) is 1.82. The minimum Gasteiger partial charge on any atom is -0.287 e. The number of aryl methyl sites for hydroxylation is 1. The van der Waals surface area contributed by atoms with Gasteiger partial charge in [0.15, 0.2) is 5.82 Å². The summed E-state index contributed by atoms with van der Waals surface area (Å²) in [4.78, 5) is 19.5. The van der Waals surface area contributed by atoms with Gasteiger partial charge in [-0.2, -0.15) is 0 Å². The molecule has 0 aliphatic heterocycles. The quantitative estimate of drug-likeness (QED) is 0.722. The third kappa shape index (κ3) is 1.95. The molecule has 16 heavy (non-hydrogen) atoms. The Morgan fingerprint density at radius 1 is 1.38 bits per heavy atom. The summed E-state index contributed by atoms with van der Waals surface area (Å²) in [5, 5.41) is 0. The number of hydrogen-bond donors (Lipinski definition) is 0. The molecule has 4 heteroatoms. The molecule has 2 heterocycles. The van der Waals surface area contributed by atoms with Gasteiger partial charge in [-0.1, -0.05) is 0 Å². The molecule has 0 aliphatic rings. The van der Waals surface area contributed by atoms with Crippen LogP contribution >= 0.6 is 0 Å². The van der Waals surface area contributed by atoms with E-state index in [2.05, 4.69) is 9.97 Å². The molecular formula is C12H9FN2O. The van der Waals surface area contributed by atoms with Crippen LogP contribution in [0.15, 0.2) is 36.8 Å². The van der Waals surface area contributed by atoms with Crippen molar-refractivity contribution in [2.45, 2.75) is 6.92 Å². The highest BCUT2D eigenvalue weighted by Gasteiger charge is 2.15. The molecule has 0 aliphatic carbocycles. The van der Waals surface area contributed by atoms with Gasteiger partial charge in [0, 0.05) is 24.2 Å². The van der Waals surface area contributed by atoms with Crippen LogP contribution in [0.1, 0.15) is 21.6 Å². The van der Waals surface area contributed by atoms with Crippen LogP contribution in [0.2, 0.25) is 0 Å². The van der Waals surface area contributed by atoms with Crippen LogP contribution in [0.5, 0.6) is 0 Å². The fourth-order valence-corrected chi connectivity index (χ4v) is 1.37. The van der Waals surface area contributed by atoms with Crippen molar-refractivity contribution < 1.29 is 9.18 Å². The molecule has 0 spiro atoms. The molecule has 2 aromatic rings. The second-order valence-electron chi connectivity index (χ2n) is 3.41. The Morgan fingerprint density at radius 2 is 2.19 bits per heavy atom. The van der Waals surface area contributed by atoms with Gasteiger partial charge in [-0.25, -0.2) is 9.37 Å². The highest BCUT2D eigenvalue weighted by Crippen LogP contribution is 2.10. The lowest BCUT2D eigenvalue weighted by Crippen LogP contribution is -2.07. The fourth-order valence-electron chi connectivity index (χ4n) is 1.37. The molecule has 0 saturated heterocycles. The number of carbonyl (C=O) groups is 1. The second kappa shape index (κ2) is 4.18. The number of aromatic nitrogens is 2. The third-order valence-corrected chi connectivity index (χ3v) is 2.11. The first-order valence-corrected chi connectivity index (χ1v) is 4.75. The summed E-state index contributed by atoms with van der Waals surface area (Å²) in [6, 6.07) is 4.31. The number of hydrogen-bond acceptors (Lipinski definition) is 3. The van der Waals surface area contributed by atoms with Gasteiger partial charge in [-0.3, -0.25) is 9.78 Å². The Hall–Kier alpha value is -2.10. The number of halogens is 1. The SMILES string of the molecule is Cc1cncc(C(=O)c2ncccc2F)c1. The van der Waals surface area contributed by atoms with E-state index in [-0.39, 0.29) is 5.69 Å². The lowest BCUT2D eigenvalue weighted by Gasteiger charge is -2.01.